The zero-order chi connectivity index (χ0) is 9.47. The maximum atomic E-state index is 11.9. The van der Waals surface area contributed by atoms with E-state index in [2.05, 4.69) is 0 Å². The number of carbonyl (C=O) groups is 2. The molecular weight excluding hydrogens is 166 g/mol. The molecular formula is C10H15NO2. The predicted molar refractivity (Wildman–Crippen MR) is 47.8 cm³/mol. The number of primary amides is 1. The van der Waals surface area contributed by atoms with Crippen LogP contribution in [-0.4, -0.2) is 11.7 Å². The standard InChI is InChI=1S/C10H15NO2/c11-9(13)10(5-1-2-6-10)8(12)7-3-4-7/h7H,1-6H2,(H2,11,13). The van der Waals surface area contributed by atoms with E-state index in [-0.39, 0.29) is 17.6 Å². The lowest BCUT2D eigenvalue weighted by Crippen LogP contribution is -2.42. The second-order valence-corrected chi connectivity index (χ2v) is 4.29. The molecule has 0 atom stereocenters. The van der Waals surface area contributed by atoms with Crippen LogP contribution in [0.4, 0.5) is 0 Å². The lowest BCUT2D eigenvalue weighted by atomic mass is 9.79. The van der Waals surface area contributed by atoms with Crippen molar-refractivity contribution in [1.29, 1.82) is 0 Å². The second kappa shape index (κ2) is 2.82. The first kappa shape index (κ1) is 8.73. The van der Waals surface area contributed by atoms with Gasteiger partial charge in [-0.2, -0.15) is 0 Å². The van der Waals surface area contributed by atoms with Crippen molar-refractivity contribution >= 4 is 11.7 Å². The van der Waals surface area contributed by atoms with Gasteiger partial charge in [0.1, 0.15) is 5.41 Å². The molecule has 0 spiro atoms. The molecule has 3 heteroatoms. The molecule has 0 radical (unpaired) electrons. The van der Waals surface area contributed by atoms with Crippen LogP contribution in [0.3, 0.4) is 0 Å². The highest BCUT2D eigenvalue weighted by molar-refractivity contribution is 6.07. The fraction of sp³-hybridized carbons (Fsp3) is 0.800. The molecule has 2 aliphatic carbocycles. The molecule has 1 amide bonds. The molecule has 2 rings (SSSR count). The number of amides is 1. The molecule has 0 aromatic rings. The number of carbonyl (C=O) groups excluding carboxylic acids is 2. The summed E-state index contributed by atoms with van der Waals surface area (Å²) in [6, 6.07) is 0. The number of ketones is 1. The van der Waals surface area contributed by atoms with Crippen LogP contribution >= 0.6 is 0 Å². The molecule has 2 aliphatic rings. The van der Waals surface area contributed by atoms with Gasteiger partial charge in [0.2, 0.25) is 5.91 Å². The van der Waals surface area contributed by atoms with Gasteiger partial charge in [-0.1, -0.05) is 12.8 Å². The van der Waals surface area contributed by atoms with Crippen LogP contribution in [0.1, 0.15) is 38.5 Å². The third-order valence-corrected chi connectivity index (χ3v) is 3.35. The largest absolute Gasteiger partial charge is 0.369 e. The zero-order valence-electron chi connectivity index (χ0n) is 7.71. The van der Waals surface area contributed by atoms with Gasteiger partial charge in [-0.05, 0) is 25.7 Å². The van der Waals surface area contributed by atoms with Crippen molar-refractivity contribution in [2.45, 2.75) is 38.5 Å². The summed E-state index contributed by atoms with van der Waals surface area (Å²) in [6.45, 7) is 0. The Kier molecular flexibility index (Phi) is 1.90. The Morgan fingerprint density at radius 1 is 1.15 bits per heavy atom. The molecule has 0 unspecified atom stereocenters. The number of hydrogen-bond donors (Lipinski definition) is 1. The minimum Gasteiger partial charge on any atom is -0.369 e. The Balaban J connectivity index is 2.21. The van der Waals surface area contributed by atoms with Crippen LogP contribution in [0.25, 0.3) is 0 Å². The van der Waals surface area contributed by atoms with Crippen molar-refractivity contribution < 1.29 is 9.59 Å². The summed E-state index contributed by atoms with van der Waals surface area (Å²) in [4.78, 5) is 23.2. The Labute approximate surface area is 77.7 Å². The second-order valence-electron chi connectivity index (χ2n) is 4.29. The van der Waals surface area contributed by atoms with Crippen molar-refractivity contribution in [3.63, 3.8) is 0 Å². The van der Waals surface area contributed by atoms with Crippen LogP contribution in [-0.2, 0) is 9.59 Å². The lowest BCUT2D eigenvalue weighted by Gasteiger charge is -2.22. The number of rotatable bonds is 3. The van der Waals surface area contributed by atoms with Crippen LogP contribution in [0, 0.1) is 11.3 Å². The van der Waals surface area contributed by atoms with Gasteiger partial charge in [0, 0.05) is 5.92 Å². The average molecular weight is 181 g/mol. The van der Waals surface area contributed by atoms with Crippen molar-refractivity contribution in [2.75, 3.05) is 0 Å². The molecule has 2 N–H and O–H groups in total. The van der Waals surface area contributed by atoms with E-state index in [4.69, 9.17) is 5.73 Å². The first-order chi connectivity index (χ1) is 6.17. The van der Waals surface area contributed by atoms with Crippen LogP contribution in [0.15, 0.2) is 0 Å². The van der Waals surface area contributed by atoms with Gasteiger partial charge in [-0.25, -0.2) is 0 Å². The highest BCUT2D eigenvalue weighted by Gasteiger charge is 2.51. The highest BCUT2D eigenvalue weighted by atomic mass is 16.2. The molecule has 0 bridgehead atoms. The topological polar surface area (TPSA) is 60.2 Å². The van der Waals surface area contributed by atoms with Gasteiger partial charge in [-0.3, -0.25) is 9.59 Å². The smallest absolute Gasteiger partial charge is 0.231 e. The number of nitrogens with two attached hydrogens (primary N) is 1. The van der Waals surface area contributed by atoms with E-state index < -0.39 is 5.41 Å². The van der Waals surface area contributed by atoms with Crippen molar-refractivity contribution in [2.24, 2.45) is 17.1 Å². The molecule has 72 valence electrons. The minimum atomic E-state index is -0.763. The zero-order valence-corrected chi connectivity index (χ0v) is 7.71. The SMILES string of the molecule is NC(=O)C1(C(=O)C2CC2)CCCC1. The van der Waals surface area contributed by atoms with Gasteiger partial charge >= 0.3 is 0 Å². The maximum absolute atomic E-state index is 11.9. The highest BCUT2D eigenvalue weighted by Crippen LogP contribution is 2.45. The third-order valence-electron chi connectivity index (χ3n) is 3.35. The Bertz CT molecular complexity index is 250. The Morgan fingerprint density at radius 2 is 1.69 bits per heavy atom. The lowest BCUT2D eigenvalue weighted by molar-refractivity contribution is -0.140. The normalized spacial score (nSPS) is 25.8. The number of hydrogen-bond acceptors (Lipinski definition) is 2. The van der Waals surface area contributed by atoms with Gasteiger partial charge < -0.3 is 5.73 Å². The van der Waals surface area contributed by atoms with Gasteiger partial charge in [0.05, 0.1) is 0 Å². The van der Waals surface area contributed by atoms with Crippen LogP contribution in [0.2, 0.25) is 0 Å². The molecule has 0 aromatic heterocycles. The van der Waals surface area contributed by atoms with E-state index in [1.165, 1.54) is 0 Å². The van der Waals surface area contributed by atoms with E-state index in [1.807, 2.05) is 0 Å². The molecule has 0 aromatic carbocycles. The van der Waals surface area contributed by atoms with Crippen molar-refractivity contribution in [3.05, 3.63) is 0 Å². The molecule has 2 fully saturated rings. The molecule has 0 saturated heterocycles. The average Bonchev–Trinajstić information content (AvgIpc) is 2.81. The Morgan fingerprint density at radius 3 is 2.08 bits per heavy atom. The Hall–Kier alpha value is -0.860. The van der Waals surface area contributed by atoms with E-state index in [1.54, 1.807) is 0 Å². The predicted octanol–water partition coefficient (Wildman–Crippen LogP) is 1.01. The van der Waals surface area contributed by atoms with E-state index in [0.717, 1.165) is 25.7 Å². The van der Waals surface area contributed by atoms with E-state index in [0.29, 0.717) is 12.8 Å². The summed E-state index contributed by atoms with van der Waals surface area (Å²) < 4.78 is 0. The van der Waals surface area contributed by atoms with E-state index >= 15 is 0 Å². The van der Waals surface area contributed by atoms with Gasteiger partial charge in [0.15, 0.2) is 5.78 Å². The monoisotopic (exact) mass is 181 g/mol. The first-order valence-corrected chi connectivity index (χ1v) is 5.01. The quantitative estimate of drug-likeness (QED) is 0.660. The van der Waals surface area contributed by atoms with Gasteiger partial charge in [-0.15, -0.1) is 0 Å². The fourth-order valence-electron chi connectivity index (χ4n) is 2.33. The minimum absolute atomic E-state index is 0.137. The molecule has 0 aliphatic heterocycles. The third kappa shape index (κ3) is 1.26. The summed E-state index contributed by atoms with van der Waals surface area (Å²) in [5, 5.41) is 0. The van der Waals surface area contributed by atoms with Crippen LogP contribution < -0.4 is 5.73 Å². The summed E-state index contributed by atoms with van der Waals surface area (Å²) in [5.41, 5.74) is 4.58. The molecule has 0 heterocycles. The first-order valence-electron chi connectivity index (χ1n) is 5.01. The summed E-state index contributed by atoms with van der Waals surface area (Å²) >= 11 is 0. The molecule has 2 saturated carbocycles. The fourth-order valence-corrected chi connectivity index (χ4v) is 2.33. The van der Waals surface area contributed by atoms with Crippen LogP contribution in [0.5, 0.6) is 0 Å². The van der Waals surface area contributed by atoms with E-state index in [9.17, 15) is 9.59 Å². The summed E-state index contributed by atoms with van der Waals surface area (Å²) in [6.07, 6.45) is 5.26. The van der Waals surface area contributed by atoms with Gasteiger partial charge in [0.25, 0.3) is 0 Å². The maximum Gasteiger partial charge on any atom is 0.231 e. The van der Waals surface area contributed by atoms with Crippen molar-refractivity contribution in [3.8, 4) is 0 Å². The molecule has 3 nitrogen and oxygen atoms in total. The summed E-state index contributed by atoms with van der Waals surface area (Å²) in [5.74, 6) is -0.0926. The summed E-state index contributed by atoms with van der Waals surface area (Å²) in [7, 11) is 0. The number of Topliss-reactive ketones (excluding diaryl/α,β-unsaturated/α-hetero) is 1. The molecule has 13 heavy (non-hydrogen) atoms. The van der Waals surface area contributed by atoms with Crippen molar-refractivity contribution in [1.82, 2.24) is 0 Å².